The third-order valence-electron chi connectivity index (χ3n) is 3.10. The molecule has 0 aliphatic heterocycles. The number of rotatable bonds is 5. The van der Waals surface area contributed by atoms with Crippen LogP contribution in [0.25, 0.3) is 0 Å². The second kappa shape index (κ2) is 11.1. The van der Waals surface area contributed by atoms with Crippen molar-refractivity contribution < 1.29 is 0 Å². The van der Waals surface area contributed by atoms with Crippen molar-refractivity contribution in [2.45, 2.75) is 38.8 Å². The Morgan fingerprint density at radius 3 is 2.14 bits per heavy atom. The van der Waals surface area contributed by atoms with E-state index in [-0.39, 0.29) is 12.1 Å². The molecule has 0 bridgehead atoms. The number of aliphatic imine (C=N–C) groups is 1. The standard InChI is InChI=1S/C8H20N4.C8H11N/c1-7(9)5-4-6-12(3)8(10)11-2;1-7(9)8-5-3-2-4-6-8/h7H,4-6,9H2,1-3H3,(H2,10,11);2-7H,9H2,1H3. The Morgan fingerprint density at radius 1 is 1.19 bits per heavy atom. The van der Waals surface area contributed by atoms with Crippen LogP contribution in [0.2, 0.25) is 0 Å². The maximum atomic E-state index is 5.61. The van der Waals surface area contributed by atoms with Gasteiger partial charge in [-0.15, -0.1) is 0 Å². The molecule has 2 unspecified atom stereocenters. The first-order valence-corrected chi connectivity index (χ1v) is 7.38. The molecule has 6 N–H and O–H groups in total. The molecular weight excluding hydrogens is 262 g/mol. The van der Waals surface area contributed by atoms with Crippen LogP contribution in [0.1, 0.15) is 38.3 Å². The summed E-state index contributed by atoms with van der Waals surface area (Å²) in [7, 11) is 3.63. The van der Waals surface area contributed by atoms with Crippen LogP contribution >= 0.6 is 0 Å². The van der Waals surface area contributed by atoms with Gasteiger partial charge in [-0.2, -0.15) is 0 Å². The molecule has 0 saturated heterocycles. The van der Waals surface area contributed by atoms with Crippen molar-refractivity contribution in [2.75, 3.05) is 20.6 Å². The fourth-order valence-corrected chi connectivity index (χ4v) is 1.69. The second-order valence-electron chi connectivity index (χ2n) is 5.32. The van der Waals surface area contributed by atoms with Crippen LogP contribution in [0, 0.1) is 0 Å². The molecule has 0 fully saturated rings. The molecule has 0 aliphatic carbocycles. The molecule has 0 aliphatic rings. The molecule has 5 nitrogen and oxygen atoms in total. The summed E-state index contributed by atoms with van der Waals surface area (Å²) in [5, 5.41) is 0. The van der Waals surface area contributed by atoms with Crippen molar-refractivity contribution >= 4 is 5.96 Å². The summed E-state index contributed by atoms with van der Waals surface area (Å²) < 4.78 is 0. The van der Waals surface area contributed by atoms with E-state index in [9.17, 15) is 0 Å². The quantitative estimate of drug-likeness (QED) is 0.569. The molecule has 1 aromatic rings. The van der Waals surface area contributed by atoms with Gasteiger partial charge in [-0.3, -0.25) is 4.99 Å². The molecule has 1 rings (SSSR count). The van der Waals surface area contributed by atoms with Crippen LogP contribution in [0.3, 0.4) is 0 Å². The second-order valence-corrected chi connectivity index (χ2v) is 5.32. The SMILES string of the molecule is CC(N)c1ccccc1.CN=C(N)N(C)CCCC(C)N. The first kappa shape index (κ1) is 19.4. The zero-order valence-electron chi connectivity index (χ0n) is 13.8. The molecule has 1 aromatic carbocycles. The minimum atomic E-state index is 0.159. The highest BCUT2D eigenvalue weighted by molar-refractivity contribution is 5.77. The zero-order chi connectivity index (χ0) is 16.3. The average Bonchev–Trinajstić information content (AvgIpc) is 2.47. The lowest BCUT2D eigenvalue weighted by Crippen LogP contribution is -2.35. The van der Waals surface area contributed by atoms with E-state index in [0.717, 1.165) is 19.4 Å². The lowest BCUT2D eigenvalue weighted by Gasteiger charge is -2.17. The van der Waals surface area contributed by atoms with Crippen molar-refractivity contribution in [1.29, 1.82) is 0 Å². The van der Waals surface area contributed by atoms with E-state index in [2.05, 4.69) is 4.99 Å². The summed E-state index contributed by atoms with van der Waals surface area (Å²) in [6.07, 6.45) is 2.09. The van der Waals surface area contributed by atoms with Crippen molar-refractivity contribution in [1.82, 2.24) is 4.90 Å². The Kier molecular flexibility index (Phi) is 10.3. The van der Waals surface area contributed by atoms with Gasteiger partial charge in [-0.25, -0.2) is 0 Å². The average molecular weight is 293 g/mol. The largest absolute Gasteiger partial charge is 0.370 e. The summed E-state index contributed by atoms with van der Waals surface area (Å²) in [4.78, 5) is 5.81. The summed E-state index contributed by atoms with van der Waals surface area (Å²) in [5.74, 6) is 0.583. The number of benzene rings is 1. The van der Waals surface area contributed by atoms with Crippen LogP contribution in [0.5, 0.6) is 0 Å². The smallest absolute Gasteiger partial charge is 0.190 e. The molecule has 0 saturated carbocycles. The Balaban J connectivity index is 0.000000394. The zero-order valence-corrected chi connectivity index (χ0v) is 13.8. The monoisotopic (exact) mass is 293 g/mol. The molecule has 21 heavy (non-hydrogen) atoms. The van der Waals surface area contributed by atoms with Gasteiger partial charge in [0, 0.05) is 32.7 Å². The van der Waals surface area contributed by atoms with Crippen molar-refractivity contribution in [3.05, 3.63) is 35.9 Å². The lowest BCUT2D eigenvalue weighted by atomic mass is 10.1. The number of nitrogens with zero attached hydrogens (tertiary/aromatic N) is 2. The highest BCUT2D eigenvalue weighted by atomic mass is 15.2. The minimum absolute atomic E-state index is 0.159. The fourth-order valence-electron chi connectivity index (χ4n) is 1.69. The topological polar surface area (TPSA) is 93.7 Å². The Bertz CT molecular complexity index is 387. The maximum Gasteiger partial charge on any atom is 0.190 e. The number of guanidine groups is 1. The van der Waals surface area contributed by atoms with Gasteiger partial charge in [0.15, 0.2) is 5.96 Å². The van der Waals surface area contributed by atoms with Gasteiger partial charge in [0.05, 0.1) is 0 Å². The molecule has 0 spiro atoms. The van der Waals surface area contributed by atoms with Gasteiger partial charge in [0.2, 0.25) is 0 Å². The van der Waals surface area contributed by atoms with Gasteiger partial charge in [0.25, 0.3) is 0 Å². The Hall–Kier alpha value is -1.59. The third-order valence-corrected chi connectivity index (χ3v) is 3.10. The number of nitrogens with two attached hydrogens (primary N) is 3. The highest BCUT2D eigenvalue weighted by Crippen LogP contribution is 2.06. The van der Waals surface area contributed by atoms with Crippen LogP contribution in [-0.4, -0.2) is 37.5 Å². The molecule has 0 radical (unpaired) electrons. The number of hydrogen-bond acceptors (Lipinski definition) is 3. The first-order valence-electron chi connectivity index (χ1n) is 7.38. The van der Waals surface area contributed by atoms with Crippen molar-refractivity contribution in [2.24, 2.45) is 22.2 Å². The van der Waals surface area contributed by atoms with E-state index in [1.165, 1.54) is 5.56 Å². The predicted molar refractivity (Wildman–Crippen MR) is 92.1 cm³/mol. The molecular formula is C16H31N5. The van der Waals surface area contributed by atoms with E-state index < -0.39 is 0 Å². The molecule has 0 amide bonds. The van der Waals surface area contributed by atoms with Crippen molar-refractivity contribution in [3.63, 3.8) is 0 Å². The third kappa shape index (κ3) is 9.87. The van der Waals surface area contributed by atoms with Gasteiger partial charge in [-0.1, -0.05) is 30.3 Å². The minimum Gasteiger partial charge on any atom is -0.370 e. The molecule has 0 heterocycles. The van der Waals surface area contributed by atoms with Crippen LogP contribution in [0.15, 0.2) is 35.3 Å². The van der Waals surface area contributed by atoms with E-state index in [1.807, 2.05) is 56.1 Å². The molecule has 2 atom stereocenters. The summed E-state index contributed by atoms with van der Waals surface area (Å²) in [6, 6.07) is 10.5. The predicted octanol–water partition coefficient (Wildman–Crippen LogP) is 1.70. The maximum absolute atomic E-state index is 5.61. The van der Waals surface area contributed by atoms with Gasteiger partial charge in [0.1, 0.15) is 0 Å². The number of hydrogen-bond donors (Lipinski definition) is 3. The fraction of sp³-hybridized carbons (Fsp3) is 0.562. The summed E-state index contributed by atoms with van der Waals surface area (Å²) >= 11 is 0. The molecule has 0 aromatic heterocycles. The highest BCUT2D eigenvalue weighted by Gasteiger charge is 2.00. The van der Waals surface area contributed by atoms with E-state index in [0.29, 0.717) is 5.96 Å². The van der Waals surface area contributed by atoms with E-state index >= 15 is 0 Å². The van der Waals surface area contributed by atoms with Crippen LogP contribution in [0.4, 0.5) is 0 Å². The van der Waals surface area contributed by atoms with Crippen LogP contribution in [-0.2, 0) is 0 Å². The Labute approximate surface area is 129 Å². The van der Waals surface area contributed by atoms with E-state index in [4.69, 9.17) is 17.2 Å². The van der Waals surface area contributed by atoms with Gasteiger partial charge < -0.3 is 22.1 Å². The normalized spacial score (nSPS) is 13.9. The van der Waals surface area contributed by atoms with Crippen molar-refractivity contribution in [3.8, 4) is 0 Å². The molecule has 5 heteroatoms. The molecule has 120 valence electrons. The summed E-state index contributed by atoms with van der Waals surface area (Å²) in [5.41, 5.74) is 18.0. The van der Waals surface area contributed by atoms with E-state index in [1.54, 1.807) is 7.05 Å². The summed E-state index contributed by atoms with van der Waals surface area (Å²) in [6.45, 7) is 4.91. The van der Waals surface area contributed by atoms with Gasteiger partial charge in [-0.05, 0) is 32.3 Å². The lowest BCUT2D eigenvalue weighted by molar-refractivity contribution is 0.458. The Morgan fingerprint density at radius 2 is 1.76 bits per heavy atom. The van der Waals surface area contributed by atoms with Crippen LogP contribution < -0.4 is 17.2 Å². The van der Waals surface area contributed by atoms with Gasteiger partial charge >= 0.3 is 0 Å². The first-order chi connectivity index (χ1) is 9.88.